The van der Waals surface area contributed by atoms with E-state index < -0.39 is 5.97 Å². The molecular weight excluding hydrogens is 378 g/mol. The van der Waals surface area contributed by atoms with Crippen molar-refractivity contribution in [2.24, 2.45) is 0 Å². The molecule has 7 nitrogen and oxygen atoms in total. The maximum atomic E-state index is 12.3. The van der Waals surface area contributed by atoms with Crippen LogP contribution in [-0.4, -0.2) is 31.1 Å². The number of amides is 3. The van der Waals surface area contributed by atoms with Crippen molar-refractivity contribution in [2.45, 2.75) is 32.1 Å². The predicted molar refractivity (Wildman–Crippen MR) is 109 cm³/mol. The van der Waals surface area contributed by atoms with Crippen molar-refractivity contribution in [1.29, 1.82) is 0 Å². The number of carbonyl (C=O) groups is 3. The maximum absolute atomic E-state index is 12.3. The minimum absolute atomic E-state index is 0.0984. The van der Waals surface area contributed by atoms with Crippen molar-refractivity contribution in [3.63, 3.8) is 0 Å². The van der Waals surface area contributed by atoms with Gasteiger partial charge in [0.25, 0.3) is 0 Å². The van der Waals surface area contributed by atoms with E-state index in [1.165, 1.54) is 11.3 Å². The van der Waals surface area contributed by atoms with Gasteiger partial charge in [-0.1, -0.05) is 18.2 Å². The highest BCUT2D eigenvalue weighted by Gasteiger charge is 2.32. The molecule has 0 unspecified atom stereocenters. The third kappa shape index (κ3) is 5.32. The number of anilines is 2. The Hall–Kier alpha value is -2.87. The van der Waals surface area contributed by atoms with Gasteiger partial charge in [0.2, 0.25) is 5.91 Å². The molecule has 0 radical (unpaired) electrons. The standard InChI is InChI=1S/C20H23N3O4S/c1-2-27-19(25)17-15(13-8-9-13)12-28-18(17)23-16(24)10-11-21-20(26)22-14-6-4-3-5-7-14/h3-7,12-13H,2,8-11H2,1H3,(H,23,24)(H2,21,22,26). The predicted octanol–water partition coefficient (Wildman–Crippen LogP) is 3.95. The Balaban J connectivity index is 1.51. The van der Waals surface area contributed by atoms with Crippen LogP contribution in [0.25, 0.3) is 0 Å². The van der Waals surface area contributed by atoms with Crippen molar-refractivity contribution in [3.8, 4) is 0 Å². The second-order valence-electron chi connectivity index (χ2n) is 6.44. The van der Waals surface area contributed by atoms with Crippen molar-refractivity contribution in [1.82, 2.24) is 5.32 Å². The van der Waals surface area contributed by atoms with Crippen LogP contribution in [0.5, 0.6) is 0 Å². The van der Waals surface area contributed by atoms with Gasteiger partial charge >= 0.3 is 12.0 Å². The number of benzene rings is 1. The first-order valence-electron chi connectivity index (χ1n) is 9.26. The van der Waals surface area contributed by atoms with Gasteiger partial charge in [0.15, 0.2) is 0 Å². The molecule has 1 aromatic carbocycles. The van der Waals surface area contributed by atoms with Crippen LogP contribution in [-0.2, 0) is 9.53 Å². The largest absolute Gasteiger partial charge is 0.462 e. The number of rotatable bonds is 8. The number of carbonyl (C=O) groups excluding carboxylic acids is 3. The van der Waals surface area contributed by atoms with Crippen LogP contribution in [0.2, 0.25) is 0 Å². The third-order valence-electron chi connectivity index (χ3n) is 4.24. The fourth-order valence-corrected chi connectivity index (χ4v) is 3.79. The highest BCUT2D eigenvalue weighted by molar-refractivity contribution is 7.15. The molecule has 0 atom stereocenters. The molecule has 1 aromatic heterocycles. The first kappa shape index (κ1) is 19.9. The first-order valence-corrected chi connectivity index (χ1v) is 10.1. The Kier molecular flexibility index (Phi) is 6.65. The fourth-order valence-electron chi connectivity index (χ4n) is 2.75. The summed E-state index contributed by atoms with van der Waals surface area (Å²) in [5.74, 6) is -0.291. The van der Waals surface area contributed by atoms with Gasteiger partial charge in [0.05, 0.1) is 12.2 Å². The Bertz CT molecular complexity index is 846. The summed E-state index contributed by atoms with van der Waals surface area (Å²) in [5.41, 5.74) is 2.10. The number of nitrogens with one attached hydrogen (secondary N) is 3. The SMILES string of the molecule is CCOC(=O)c1c(C2CC2)csc1NC(=O)CCNC(=O)Nc1ccccc1. The quantitative estimate of drug-likeness (QED) is 0.584. The van der Waals surface area contributed by atoms with Crippen molar-refractivity contribution in [2.75, 3.05) is 23.8 Å². The molecule has 8 heteroatoms. The maximum Gasteiger partial charge on any atom is 0.341 e. The molecule has 1 fully saturated rings. The monoisotopic (exact) mass is 401 g/mol. The van der Waals surface area contributed by atoms with E-state index in [4.69, 9.17) is 4.74 Å². The number of hydrogen-bond donors (Lipinski definition) is 3. The third-order valence-corrected chi connectivity index (χ3v) is 5.15. The molecule has 1 saturated carbocycles. The van der Waals surface area contributed by atoms with Crippen LogP contribution < -0.4 is 16.0 Å². The zero-order chi connectivity index (χ0) is 19.9. The number of ether oxygens (including phenoxy) is 1. The molecule has 2 aromatic rings. The molecule has 3 N–H and O–H groups in total. The van der Waals surface area contributed by atoms with E-state index in [0.717, 1.165) is 18.4 Å². The average molecular weight is 401 g/mol. The van der Waals surface area contributed by atoms with E-state index in [0.29, 0.717) is 22.2 Å². The zero-order valence-corrected chi connectivity index (χ0v) is 16.4. The lowest BCUT2D eigenvalue weighted by Gasteiger charge is -2.09. The molecule has 3 rings (SSSR count). The Morgan fingerprint density at radius 1 is 1.14 bits per heavy atom. The van der Waals surface area contributed by atoms with Crippen molar-refractivity contribution < 1.29 is 19.1 Å². The Labute approximate surface area is 167 Å². The zero-order valence-electron chi connectivity index (χ0n) is 15.6. The molecular formula is C20H23N3O4S. The lowest BCUT2D eigenvalue weighted by atomic mass is 10.1. The first-order chi connectivity index (χ1) is 13.6. The topological polar surface area (TPSA) is 96.5 Å². The number of thiophene rings is 1. The smallest absolute Gasteiger partial charge is 0.341 e. The second kappa shape index (κ2) is 9.36. The van der Waals surface area contributed by atoms with Gasteiger partial charge in [-0.3, -0.25) is 4.79 Å². The highest BCUT2D eigenvalue weighted by atomic mass is 32.1. The fraction of sp³-hybridized carbons (Fsp3) is 0.350. The molecule has 28 heavy (non-hydrogen) atoms. The number of esters is 1. The van der Waals surface area contributed by atoms with Gasteiger partial charge in [-0.15, -0.1) is 11.3 Å². The molecule has 0 spiro atoms. The molecule has 3 amide bonds. The van der Waals surface area contributed by atoms with E-state index in [1.807, 2.05) is 23.6 Å². The summed E-state index contributed by atoms with van der Waals surface area (Å²) in [6.07, 6.45) is 2.20. The molecule has 1 aliphatic rings. The van der Waals surface area contributed by atoms with Gasteiger partial charge in [-0.2, -0.15) is 0 Å². The summed E-state index contributed by atoms with van der Waals surface area (Å²) >= 11 is 1.34. The van der Waals surface area contributed by atoms with Crippen molar-refractivity contribution in [3.05, 3.63) is 46.8 Å². The Morgan fingerprint density at radius 2 is 1.89 bits per heavy atom. The molecule has 1 heterocycles. The normalized spacial score (nSPS) is 12.9. The van der Waals surface area contributed by atoms with Crippen LogP contribution in [0.1, 0.15) is 48.0 Å². The molecule has 148 valence electrons. The molecule has 0 bridgehead atoms. The summed E-state index contributed by atoms with van der Waals surface area (Å²) in [5, 5.41) is 10.5. The number of para-hydroxylation sites is 1. The number of hydrogen-bond acceptors (Lipinski definition) is 5. The van der Waals surface area contributed by atoms with E-state index in [-0.39, 0.29) is 31.5 Å². The van der Waals surface area contributed by atoms with E-state index in [9.17, 15) is 14.4 Å². The highest BCUT2D eigenvalue weighted by Crippen LogP contribution is 2.46. The average Bonchev–Trinajstić information content (AvgIpc) is 3.43. The summed E-state index contributed by atoms with van der Waals surface area (Å²) in [6, 6.07) is 8.67. The van der Waals surface area contributed by atoms with Crippen LogP contribution in [0.4, 0.5) is 15.5 Å². The molecule has 1 aliphatic carbocycles. The van der Waals surface area contributed by atoms with Gasteiger partial charge in [-0.25, -0.2) is 9.59 Å². The summed E-state index contributed by atoms with van der Waals surface area (Å²) in [4.78, 5) is 36.4. The molecule has 0 aliphatic heterocycles. The summed E-state index contributed by atoms with van der Waals surface area (Å²) in [6.45, 7) is 2.22. The van der Waals surface area contributed by atoms with Crippen LogP contribution in [0, 0.1) is 0 Å². The summed E-state index contributed by atoms with van der Waals surface area (Å²) < 4.78 is 5.15. The van der Waals surface area contributed by atoms with Crippen LogP contribution >= 0.6 is 11.3 Å². The number of urea groups is 1. The second-order valence-corrected chi connectivity index (χ2v) is 7.31. The van der Waals surface area contributed by atoms with Crippen LogP contribution in [0.3, 0.4) is 0 Å². The van der Waals surface area contributed by atoms with Gasteiger partial charge in [-0.05, 0) is 48.8 Å². The lowest BCUT2D eigenvalue weighted by molar-refractivity contribution is -0.116. The van der Waals surface area contributed by atoms with Gasteiger partial charge in [0, 0.05) is 18.7 Å². The van der Waals surface area contributed by atoms with Crippen LogP contribution in [0.15, 0.2) is 35.7 Å². The van der Waals surface area contributed by atoms with E-state index in [1.54, 1.807) is 19.1 Å². The Morgan fingerprint density at radius 3 is 2.57 bits per heavy atom. The van der Waals surface area contributed by atoms with Gasteiger partial charge < -0.3 is 20.7 Å². The minimum atomic E-state index is -0.402. The van der Waals surface area contributed by atoms with E-state index >= 15 is 0 Å². The minimum Gasteiger partial charge on any atom is -0.462 e. The van der Waals surface area contributed by atoms with Crippen molar-refractivity contribution >= 4 is 39.9 Å². The van der Waals surface area contributed by atoms with Gasteiger partial charge in [0.1, 0.15) is 5.00 Å². The summed E-state index contributed by atoms with van der Waals surface area (Å²) in [7, 11) is 0. The molecule has 0 saturated heterocycles. The lowest BCUT2D eigenvalue weighted by Crippen LogP contribution is -2.31. The van der Waals surface area contributed by atoms with E-state index in [2.05, 4.69) is 16.0 Å².